The molecule has 6 nitrogen and oxygen atoms in total. The van der Waals surface area contributed by atoms with Gasteiger partial charge in [-0.25, -0.2) is 4.98 Å². The number of aryl methyl sites for hydroxylation is 1. The summed E-state index contributed by atoms with van der Waals surface area (Å²) in [4.78, 5) is 19.9. The quantitative estimate of drug-likeness (QED) is 0.145. The topological polar surface area (TPSA) is 78.2 Å². The zero-order valence-electron chi connectivity index (χ0n) is 16.8. The summed E-state index contributed by atoms with van der Waals surface area (Å²) in [7, 11) is 0. The van der Waals surface area contributed by atoms with Crippen molar-refractivity contribution in [3.8, 4) is 22.9 Å². The van der Waals surface area contributed by atoms with Gasteiger partial charge in [0.25, 0.3) is 5.69 Å². The molecule has 0 bridgehead atoms. The van der Waals surface area contributed by atoms with Crippen LogP contribution in [0.5, 0.6) is 11.6 Å². The predicted molar refractivity (Wildman–Crippen MR) is 121 cm³/mol. The van der Waals surface area contributed by atoms with E-state index in [2.05, 4.69) is 9.97 Å². The molecule has 0 spiro atoms. The molecule has 0 N–H and O–H groups in total. The normalized spacial score (nSPS) is 10.6. The highest BCUT2D eigenvalue weighted by atomic mass is 32.2. The average molecular weight is 430 g/mol. The fourth-order valence-corrected chi connectivity index (χ4v) is 3.76. The Morgan fingerprint density at radius 1 is 0.935 bits per heavy atom. The second kappa shape index (κ2) is 9.40. The summed E-state index contributed by atoms with van der Waals surface area (Å²) >= 11 is 1.41. The molecule has 3 aromatic carbocycles. The zero-order chi connectivity index (χ0) is 21.6. The van der Waals surface area contributed by atoms with Crippen LogP contribution in [0.1, 0.15) is 11.1 Å². The van der Waals surface area contributed by atoms with Crippen LogP contribution in [0.2, 0.25) is 0 Å². The number of aromatic nitrogens is 2. The number of hydrogen-bond acceptors (Lipinski definition) is 6. The minimum atomic E-state index is -0.394. The smallest absolute Gasteiger partial charge is 0.269 e. The fraction of sp³-hybridized carbons (Fsp3) is 0.0833. The molecular weight excluding hydrogens is 410 g/mol. The van der Waals surface area contributed by atoms with Crippen LogP contribution >= 0.6 is 11.8 Å². The molecule has 0 fully saturated rings. The third-order valence-corrected chi connectivity index (χ3v) is 5.47. The van der Waals surface area contributed by atoms with Crippen LogP contribution in [0.15, 0.2) is 90.1 Å². The van der Waals surface area contributed by atoms with E-state index < -0.39 is 4.92 Å². The number of para-hydroxylation sites is 1. The Hall–Kier alpha value is -3.71. The van der Waals surface area contributed by atoms with E-state index in [1.54, 1.807) is 12.1 Å². The largest absolute Gasteiger partial charge is 0.439 e. The van der Waals surface area contributed by atoms with E-state index in [-0.39, 0.29) is 5.69 Å². The average Bonchev–Trinajstić information content (AvgIpc) is 2.80. The van der Waals surface area contributed by atoms with Gasteiger partial charge in [-0.15, -0.1) is 0 Å². The lowest BCUT2D eigenvalue weighted by atomic mass is 10.1. The molecule has 0 aliphatic rings. The van der Waals surface area contributed by atoms with Gasteiger partial charge in [0.1, 0.15) is 5.75 Å². The molecule has 1 heterocycles. The summed E-state index contributed by atoms with van der Waals surface area (Å²) in [5.74, 6) is 1.68. The SMILES string of the molecule is Cc1ccccc1Oc1cc(-c2ccccc2)nc(SCc2cccc([N+](=O)[O-])c2)n1. The van der Waals surface area contributed by atoms with E-state index in [9.17, 15) is 10.1 Å². The molecular formula is C24H19N3O3S. The maximum absolute atomic E-state index is 11.0. The molecule has 0 saturated carbocycles. The van der Waals surface area contributed by atoms with Crippen molar-refractivity contribution in [2.75, 3.05) is 0 Å². The highest BCUT2D eigenvalue weighted by molar-refractivity contribution is 7.98. The number of nitrogens with zero attached hydrogens (tertiary/aromatic N) is 3. The van der Waals surface area contributed by atoms with Gasteiger partial charge < -0.3 is 4.74 Å². The monoisotopic (exact) mass is 429 g/mol. The van der Waals surface area contributed by atoms with Gasteiger partial charge in [-0.1, -0.05) is 72.4 Å². The lowest BCUT2D eigenvalue weighted by Crippen LogP contribution is -1.97. The van der Waals surface area contributed by atoms with Crippen LogP contribution in [-0.2, 0) is 5.75 Å². The molecule has 4 rings (SSSR count). The molecule has 0 saturated heterocycles. The van der Waals surface area contributed by atoms with Gasteiger partial charge in [0.05, 0.1) is 10.6 Å². The number of non-ortho nitro benzene ring substituents is 1. The first-order chi connectivity index (χ1) is 15.1. The Balaban J connectivity index is 1.64. The molecule has 31 heavy (non-hydrogen) atoms. The summed E-state index contributed by atoms with van der Waals surface area (Å²) < 4.78 is 6.06. The molecule has 7 heteroatoms. The van der Waals surface area contributed by atoms with Crippen LogP contribution in [0, 0.1) is 17.0 Å². The molecule has 4 aromatic rings. The van der Waals surface area contributed by atoms with Crippen LogP contribution in [0.4, 0.5) is 5.69 Å². The predicted octanol–water partition coefficient (Wildman–Crippen LogP) is 6.44. The minimum absolute atomic E-state index is 0.0700. The standard InChI is InChI=1S/C24H19N3O3S/c1-17-8-5-6-13-22(17)30-23-15-21(19-10-3-2-4-11-19)25-24(26-23)31-16-18-9-7-12-20(14-18)27(28)29/h2-15H,16H2,1H3. The summed E-state index contributed by atoms with van der Waals surface area (Å²) in [5, 5.41) is 11.6. The molecule has 1 aromatic heterocycles. The van der Waals surface area contributed by atoms with Crippen molar-refractivity contribution in [1.82, 2.24) is 9.97 Å². The number of hydrogen-bond donors (Lipinski definition) is 0. The first-order valence-corrected chi connectivity index (χ1v) is 10.6. The second-order valence-corrected chi connectivity index (χ2v) is 7.77. The van der Waals surface area contributed by atoms with Crippen molar-refractivity contribution in [1.29, 1.82) is 0 Å². The van der Waals surface area contributed by atoms with Gasteiger partial charge in [0.2, 0.25) is 5.88 Å². The third kappa shape index (κ3) is 5.26. The van der Waals surface area contributed by atoms with Crippen molar-refractivity contribution in [2.45, 2.75) is 17.8 Å². The summed E-state index contributed by atoms with van der Waals surface area (Å²) in [6.07, 6.45) is 0. The molecule has 0 aliphatic heterocycles. The van der Waals surface area contributed by atoms with Crippen molar-refractivity contribution < 1.29 is 9.66 Å². The summed E-state index contributed by atoms with van der Waals surface area (Å²) in [6, 6.07) is 26.0. The Labute approximate surface area is 184 Å². The highest BCUT2D eigenvalue weighted by Gasteiger charge is 2.12. The van der Waals surface area contributed by atoms with Crippen molar-refractivity contribution in [2.24, 2.45) is 0 Å². The molecule has 154 valence electrons. The number of thioether (sulfide) groups is 1. The van der Waals surface area contributed by atoms with Gasteiger partial charge in [-0.3, -0.25) is 10.1 Å². The Bertz CT molecular complexity index is 1220. The van der Waals surface area contributed by atoms with E-state index in [1.165, 1.54) is 17.8 Å². The lowest BCUT2D eigenvalue weighted by molar-refractivity contribution is -0.384. The Kier molecular flexibility index (Phi) is 6.24. The minimum Gasteiger partial charge on any atom is -0.439 e. The van der Waals surface area contributed by atoms with E-state index >= 15 is 0 Å². The van der Waals surface area contributed by atoms with Crippen LogP contribution in [0.25, 0.3) is 11.3 Å². The summed E-state index contributed by atoms with van der Waals surface area (Å²) in [5.41, 5.74) is 3.61. The number of nitro benzene ring substituents is 1. The van der Waals surface area contributed by atoms with E-state index in [4.69, 9.17) is 4.74 Å². The van der Waals surface area contributed by atoms with Crippen LogP contribution in [0.3, 0.4) is 0 Å². The highest BCUT2D eigenvalue weighted by Crippen LogP contribution is 2.30. The number of ether oxygens (including phenoxy) is 1. The van der Waals surface area contributed by atoms with E-state index in [0.717, 1.165) is 28.1 Å². The lowest BCUT2D eigenvalue weighted by Gasteiger charge is -2.11. The first-order valence-electron chi connectivity index (χ1n) is 9.62. The van der Waals surface area contributed by atoms with Gasteiger partial charge in [0, 0.05) is 29.5 Å². The van der Waals surface area contributed by atoms with Crippen molar-refractivity contribution in [3.63, 3.8) is 0 Å². The first kappa shape index (κ1) is 20.6. The van der Waals surface area contributed by atoms with Gasteiger partial charge in [-0.2, -0.15) is 4.98 Å². The molecule has 0 unspecified atom stereocenters. The maximum atomic E-state index is 11.0. The van der Waals surface area contributed by atoms with Crippen LogP contribution in [-0.4, -0.2) is 14.9 Å². The Morgan fingerprint density at radius 3 is 2.48 bits per heavy atom. The number of benzene rings is 3. The molecule has 0 amide bonds. The number of rotatable bonds is 7. The third-order valence-electron chi connectivity index (χ3n) is 4.55. The van der Waals surface area contributed by atoms with Crippen LogP contribution < -0.4 is 4.74 Å². The zero-order valence-corrected chi connectivity index (χ0v) is 17.6. The van der Waals surface area contributed by atoms with Crippen molar-refractivity contribution in [3.05, 3.63) is 106 Å². The second-order valence-electron chi connectivity index (χ2n) is 6.82. The Morgan fingerprint density at radius 2 is 1.71 bits per heavy atom. The van der Waals surface area contributed by atoms with Gasteiger partial charge in [0.15, 0.2) is 5.16 Å². The summed E-state index contributed by atoms with van der Waals surface area (Å²) in [6.45, 7) is 1.98. The molecule has 0 atom stereocenters. The van der Waals surface area contributed by atoms with Crippen molar-refractivity contribution >= 4 is 17.4 Å². The maximum Gasteiger partial charge on any atom is 0.269 e. The van der Waals surface area contributed by atoms with Gasteiger partial charge in [-0.05, 0) is 24.1 Å². The fourth-order valence-electron chi connectivity index (χ4n) is 2.97. The molecule has 0 aliphatic carbocycles. The van der Waals surface area contributed by atoms with E-state index in [1.807, 2.05) is 73.7 Å². The molecule has 0 radical (unpaired) electrons. The number of nitro groups is 1. The van der Waals surface area contributed by atoms with Gasteiger partial charge >= 0.3 is 0 Å². The van der Waals surface area contributed by atoms with E-state index in [0.29, 0.717) is 16.8 Å².